The van der Waals surface area contributed by atoms with Gasteiger partial charge in [0.15, 0.2) is 0 Å². The molecule has 0 saturated carbocycles. The highest BCUT2D eigenvalue weighted by molar-refractivity contribution is 5.97. The van der Waals surface area contributed by atoms with Crippen molar-refractivity contribution in [2.75, 3.05) is 0 Å². The molecule has 0 aromatic carbocycles. The summed E-state index contributed by atoms with van der Waals surface area (Å²) in [5.74, 6) is -3.43. The van der Waals surface area contributed by atoms with E-state index in [1.54, 1.807) is 0 Å². The fourth-order valence-electron chi connectivity index (χ4n) is 1.34. The third-order valence-corrected chi connectivity index (χ3v) is 2.32. The summed E-state index contributed by atoms with van der Waals surface area (Å²) in [5.41, 5.74) is 3.35. The topological polar surface area (TPSA) is 122 Å². The van der Waals surface area contributed by atoms with E-state index in [0.29, 0.717) is 12.3 Å². The van der Waals surface area contributed by atoms with E-state index in [-0.39, 0.29) is 5.56 Å². The number of nitrogens with one attached hydrogen (secondary N) is 1. The standard InChI is InChI=1S/C11H10F3N3O4/c12-11(13,14)7-2-1-5(4-16-7)9(19)17-6(10(20)21)3-8(15)18/h1-2,4,6H,3H2,(H2,15,18)(H,17,19)(H,20,21)/t6-/m1/s1. The molecule has 1 atom stereocenters. The summed E-state index contributed by atoms with van der Waals surface area (Å²) in [6.07, 6.45) is -4.64. The van der Waals surface area contributed by atoms with E-state index >= 15 is 0 Å². The van der Waals surface area contributed by atoms with Crippen LogP contribution < -0.4 is 11.1 Å². The number of carbonyl (C=O) groups is 3. The number of halogens is 3. The van der Waals surface area contributed by atoms with Crippen LogP contribution in [-0.4, -0.2) is 33.9 Å². The Bertz CT molecular complexity index is 557. The molecule has 2 amide bonds. The first-order chi connectivity index (χ1) is 9.61. The van der Waals surface area contributed by atoms with Crippen molar-refractivity contribution >= 4 is 17.8 Å². The molecule has 0 bridgehead atoms. The number of carboxylic acids is 1. The summed E-state index contributed by atoms with van der Waals surface area (Å²) in [6, 6.07) is -0.148. The second-order valence-corrected chi connectivity index (χ2v) is 3.96. The monoisotopic (exact) mass is 305 g/mol. The van der Waals surface area contributed by atoms with Crippen molar-refractivity contribution in [1.29, 1.82) is 0 Å². The Morgan fingerprint density at radius 1 is 1.33 bits per heavy atom. The third-order valence-electron chi connectivity index (χ3n) is 2.32. The second-order valence-electron chi connectivity index (χ2n) is 3.96. The highest BCUT2D eigenvalue weighted by atomic mass is 19.4. The number of aliphatic carboxylic acids is 1. The number of nitrogens with two attached hydrogens (primary N) is 1. The summed E-state index contributed by atoms with van der Waals surface area (Å²) >= 11 is 0. The molecule has 0 aliphatic rings. The largest absolute Gasteiger partial charge is 0.480 e. The Morgan fingerprint density at radius 2 is 1.95 bits per heavy atom. The third kappa shape index (κ3) is 4.75. The number of aromatic nitrogens is 1. The molecule has 4 N–H and O–H groups in total. The lowest BCUT2D eigenvalue weighted by Gasteiger charge is -2.13. The number of carbonyl (C=O) groups excluding carboxylic acids is 2. The van der Waals surface area contributed by atoms with Gasteiger partial charge < -0.3 is 16.2 Å². The number of amides is 2. The zero-order chi connectivity index (χ0) is 16.2. The lowest BCUT2D eigenvalue weighted by molar-refractivity contribution is -0.141. The van der Waals surface area contributed by atoms with Crippen molar-refractivity contribution in [2.24, 2.45) is 5.73 Å². The smallest absolute Gasteiger partial charge is 0.433 e. The van der Waals surface area contributed by atoms with Gasteiger partial charge in [0, 0.05) is 6.20 Å². The minimum atomic E-state index is -4.65. The van der Waals surface area contributed by atoms with E-state index in [1.165, 1.54) is 0 Å². The maximum Gasteiger partial charge on any atom is 0.433 e. The normalized spacial score (nSPS) is 12.5. The van der Waals surface area contributed by atoms with E-state index < -0.39 is 42.1 Å². The predicted octanol–water partition coefficient (Wildman–Crippen LogP) is 0.159. The van der Waals surface area contributed by atoms with Crippen LogP contribution in [0.15, 0.2) is 18.3 Å². The number of rotatable bonds is 5. The molecule has 1 heterocycles. The molecule has 0 saturated heterocycles. The predicted molar refractivity (Wildman–Crippen MR) is 61.9 cm³/mol. The Morgan fingerprint density at radius 3 is 2.33 bits per heavy atom. The zero-order valence-electron chi connectivity index (χ0n) is 10.3. The Hall–Kier alpha value is -2.65. The molecular weight excluding hydrogens is 295 g/mol. The van der Waals surface area contributed by atoms with Crippen molar-refractivity contribution in [1.82, 2.24) is 10.3 Å². The van der Waals surface area contributed by atoms with Gasteiger partial charge in [0.1, 0.15) is 11.7 Å². The molecule has 0 unspecified atom stereocenters. The Kier molecular flexibility index (Phi) is 4.84. The minimum absolute atomic E-state index is 0.279. The van der Waals surface area contributed by atoms with Gasteiger partial charge in [-0.1, -0.05) is 0 Å². The van der Waals surface area contributed by atoms with Crippen molar-refractivity contribution in [2.45, 2.75) is 18.6 Å². The minimum Gasteiger partial charge on any atom is -0.480 e. The van der Waals surface area contributed by atoms with Crippen molar-refractivity contribution in [3.05, 3.63) is 29.6 Å². The molecule has 1 aromatic rings. The van der Waals surface area contributed by atoms with Crippen molar-refractivity contribution in [3.63, 3.8) is 0 Å². The van der Waals surface area contributed by atoms with Crippen LogP contribution >= 0.6 is 0 Å². The number of hydrogen-bond acceptors (Lipinski definition) is 4. The quantitative estimate of drug-likeness (QED) is 0.715. The van der Waals surface area contributed by atoms with Gasteiger partial charge in [-0.15, -0.1) is 0 Å². The van der Waals surface area contributed by atoms with Gasteiger partial charge in [-0.2, -0.15) is 13.2 Å². The Balaban J connectivity index is 2.83. The van der Waals surface area contributed by atoms with Crippen LogP contribution in [0.1, 0.15) is 22.5 Å². The van der Waals surface area contributed by atoms with Crippen molar-refractivity contribution in [3.8, 4) is 0 Å². The average Bonchev–Trinajstić information content (AvgIpc) is 2.36. The lowest BCUT2D eigenvalue weighted by atomic mass is 10.1. The van der Waals surface area contributed by atoms with Gasteiger partial charge in [0.05, 0.1) is 12.0 Å². The van der Waals surface area contributed by atoms with E-state index in [0.717, 1.165) is 6.07 Å². The van der Waals surface area contributed by atoms with Crippen LogP contribution in [0.2, 0.25) is 0 Å². The summed E-state index contributed by atoms with van der Waals surface area (Å²) in [7, 11) is 0. The van der Waals surface area contributed by atoms with Gasteiger partial charge in [-0.25, -0.2) is 4.79 Å². The molecule has 0 radical (unpaired) electrons. The van der Waals surface area contributed by atoms with Crippen LogP contribution in [0.3, 0.4) is 0 Å². The van der Waals surface area contributed by atoms with Gasteiger partial charge >= 0.3 is 12.1 Å². The molecule has 114 valence electrons. The van der Waals surface area contributed by atoms with Gasteiger partial charge in [0.25, 0.3) is 5.91 Å². The summed E-state index contributed by atoms with van der Waals surface area (Å²) < 4.78 is 36.9. The number of pyridine rings is 1. The van der Waals surface area contributed by atoms with E-state index in [2.05, 4.69) is 4.98 Å². The lowest BCUT2D eigenvalue weighted by Crippen LogP contribution is -2.43. The van der Waals surface area contributed by atoms with Gasteiger partial charge in [0.2, 0.25) is 5.91 Å². The van der Waals surface area contributed by atoms with Crippen LogP contribution in [0.5, 0.6) is 0 Å². The van der Waals surface area contributed by atoms with Crippen LogP contribution in [-0.2, 0) is 15.8 Å². The maximum absolute atomic E-state index is 12.3. The van der Waals surface area contributed by atoms with E-state index in [1.807, 2.05) is 5.32 Å². The number of hydrogen-bond donors (Lipinski definition) is 3. The second kappa shape index (κ2) is 6.20. The number of primary amides is 1. The van der Waals surface area contributed by atoms with Gasteiger partial charge in [-0.05, 0) is 12.1 Å². The number of carboxylic acid groups (broad SMARTS) is 1. The summed E-state index contributed by atoms with van der Waals surface area (Å²) in [6.45, 7) is 0. The molecule has 0 aliphatic carbocycles. The SMILES string of the molecule is NC(=O)C[C@@H](NC(=O)c1ccc(C(F)(F)F)nc1)C(=O)O. The summed E-state index contributed by atoms with van der Waals surface area (Å²) in [4.78, 5) is 36.2. The van der Waals surface area contributed by atoms with Crippen LogP contribution in [0, 0.1) is 0 Å². The van der Waals surface area contributed by atoms with Crippen molar-refractivity contribution < 1.29 is 32.7 Å². The molecule has 0 spiro atoms. The summed E-state index contributed by atoms with van der Waals surface area (Å²) in [5, 5.41) is 10.7. The van der Waals surface area contributed by atoms with Crippen LogP contribution in [0.25, 0.3) is 0 Å². The first-order valence-electron chi connectivity index (χ1n) is 5.46. The number of nitrogens with zero attached hydrogens (tertiary/aromatic N) is 1. The molecule has 21 heavy (non-hydrogen) atoms. The molecule has 10 heteroatoms. The fraction of sp³-hybridized carbons (Fsp3) is 0.273. The molecular formula is C11H10F3N3O4. The van der Waals surface area contributed by atoms with Gasteiger partial charge in [-0.3, -0.25) is 14.6 Å². The first-order valence-corrected chi connectivity index (χ1v) is 5.46. The molecule has 1 aromatic heterocycles. The molecule has 1 rings (SSSR count). The first kappa shape index (κ1) is 16.4. The van der Waals surface area contributed by atoms with E-state index in [9.17, 15) is 27.6 Å². The molecule has 0 fully saturated rings. The number of alkyl halides is 3. The zero-order valence-corrected chi connectivity index (χ0v) is 10.3. The average molecular weight is 305 g/mol. The molecule has 0 aliphatic heterocycles. The highest BCUT2D eigenvalue weighted by Crippen LogP contribution is 2.27. The molecule has 7 nitrogen and oxygen atoms in total. The fourth-order valence-corrected chi connectivity index (χ4v) is 1.34. The highest BCUT2D eigenvalue weighted by Gasteiger charge is 2.32. The maximum atomic E-state index is 12.3. The van der Waals surface area contributed by atoms with E-state index in [4.69, 9.17) is 10.8 Å². The Labute approximate surface area is 116 Å². The van der Waals surface area contributed by atoms with Crippen LogP contribution in [0.4, 0.5) is 13.2 Å².